The molecule has 4 saturated heterocycles. The molecule has 4 heterocycles. The molecule has 21 heteroatoms. The van der Waals surface area contributed by atoms with Crippen molar-refractivity contribution in [1.82, 2.24) is 0 Å². The summed E-state index contributed by atoms with van der Waals surface area (Å²) in [6.07, 6.45) is -34.5. The van der Waals surface area contributed by atoms with Gasteiger partial charge in [-0.25, -0.2) is 0 Å². The molecule has 4 fully saturated rings. The maximum absolute atomic E-state index is 10.9. The zero-order valence-electron chi connectivity index (χ0n) is 23.6. The lowest BCUT2D eigenvalue weighted by Gasteiger charge is -2.49. The van der Waals surface area contributed by atoms with Crippen molar-refractivity contribution in [2.75, 3.05) is 26.4 Å². The van der Waals surface area contributed by atoms with E-state index in [-0.39, 0.29) is 6.54 Å². The minimum absolute atomic E-state index is 0.284. The van der Waals surface area contributed by atoms with E-state index in [9.17, 15) is 66.4 Å². The number of ether oxygens (including phenoxy) is 7. The third-order valence-electron chi connectivity index (χ3n) is 8.26. The summed E-state index contributed by atoms with van der Waals surface area (Å²) in [7, 11) is 0. The van der Waals surface area contributed by atoms with Gasteiger partial charge in [-0.2, -0.15) is 0 Å². The van der Waals surface area contributed by atoms with Crippen LogP contribution in [0.15, 0.2) is 0 Å². The quantitative estimate of drug-likeness (QED) is 0.103. The van der Waals surface area contributed by atoms with Crippen LogP contribution in [0.4, 0.5) is 0 Å². The van der Waals surface area contributed by atoms with Crippen molar-refractivity contribution >= 4 is 0 Å². The Bertz CT molecular complexity index is 916. The van der Waals surface area contributed by atoms with E-state index >= 15 is 0 Å². The van der Waals surface area contributed by atoms with E-state index < -0.39 is 143 Å². The molecule has 0 spiro atoms. The largest absolute Gasteiger partial charge is 0.394 e. The smallest absolute Gasteiger partial charge is 0.187 e. The average Bonchev–Trinajstić information content (AvgIpc) is 3.03. The van der Waals surface area contributed by atoms with Gasteiger partial charge in [-0.1, -0.05) is 0 Å². The highest BCUT2D eigenvalue weighted by Crippen LogP contribution is 2.34. The van der Waals surface area contributed by atoms with Crippen LogP contribution >= 0.6 is 0 Å². The Balaban J connectivity index is 1.43. The summed E-state index contributed by atoms with van der Waals surface area (Å²) in [6.45, 7) is -2.85. The SMILES string of the molecule is NC[C@H]1O[C@H](O[C@H]2[C@H](O)[C@@H](O)[C@@H](O[C@H]3[C@H](O)[C@@H](O)[C@@H](O[C@H]4[C@H](O)[C@@H](O)C(O)O[C@@H]4CO)O[C@@H]3CO)O[C@@H]2CO)[C@H](O)[C@@H](O)[C@@H]1O. The molecular weight excluding hydrogens is 622 g/mol. The third-order valence-corrected chi connectivity index (χ3v) is 8.26. The Morgan fingerprint density at radius 2 is 0.733 bits per heavy atom. The van der Waals surface area contributed by atoms with Crippen LogP contribution in [0.3, 0.4) is 0 Å². The monoisotopic (exact) mass is 665 g/mol. The van der Waals surface area contributed by atoms with Crippen LogP contribution in [0.5, 0.6) is 0 Å². The molecule has 21 nitrogen and oxygen atoms in total. The Morgan fingerprint density at radius 3 is 1.11 bits per heavy atom. The van der Waals surface area contributed by atoms with Crippen molar-refractivity contribution in [3.05, 3.63) is 0 Å². The van der Waals surface area contributed by atoms with Crippen LogP contribution in [0, 0.1) is 0 Å². The summed E-state index contributed by atoms with van der Waals surface area (Å²) in [5.41, 5.74) is 5.51. The van der Waals surface area contributed by atoms with E-state index in [2.05, 4.69) is 0 Å². The summed E-state index contributed by atoms with van der Waals surface area (Å²) in [6, 6.07) is 0. The van der Waals surface area contributed by atoms with Crippen LogP contribution in [-0.4, -0.2) is 216 Å². The van der Waals surface area contributed by atoms with Crippen LogP contribution in [0.1, 0.15) is 0 Å². The first-order valence-corrected chi connectivity index (χ1v) is 14.2. The Morgan fingerprint density at radius 1 is 0.400 bits per heavy atom. The van der Waals surface area contributed by atoms with E-state index in [1.54, 1.807) is 0 Å². The van der Waals surface area contributed by atoms with Crippen molar-refractivity contribution < 1.29 is 99.5 Å². The lowest BCUT2D eigenvalue weighted by Crippen LogP contribution is -2.67. The molecule has 0 aromatic rings. The molecule has 0 saturated carbocycles. The van der Waals surface area contributed by atoms with E-state index in [4.69, 9.17) is 38.9 Å². The van der Waals surface area contributed by atoms with Gasteiger partial charge < -0.3 is 105 Å². The molecule has 264 valence electrons. The van der Waals surface area contributed by atoms with Crippen LogP contribution < -0.4 is 5.73 Å². The first kappa shape index (κ1) is 37.0. The van der Waals surface area contributed by atoms with Gasteiger partial charge in [0, 0.05) is 6.54 Å². The first-order chi connectivity index (χ1) is 21.3. The lowest BCUT2D eigenvalue weighted by atomic mass is 9.95. The second-order valence-electron chi connectivity index (χ2n) is 11.2. The van der Waals surface area contributed by atoms with Crippen molar-refractivity contribution in [2.45, 2.75) is 123 Å². The fourth-order valence-electron chi connectivity index (χ4n) is 5.59. The van der Waals surface area contributed by atoms with Crippen molar-refractivity contribution in [1.29, 1.82) is 0 Å². The van der Waals surface area contributed by atoms with Crippen LogP contribution in [0.25, 0.3) is 0 Å². The maximum atomic E-state index is 10.9. The van der Waals surface area contributed by atoms with Crippen LogP contribution in [-0.2, 0) is 33.2 Å². The third kappa shape index (κ3) is 7.44. The fourth-order valence-corrected chi connectivity index (χ4v) is 5.59. The van der Waals surface area contributed by atoms with Gasteiger partial charge in [-0.05, 0) is 0 Å². The lowest BCUT2D eigenvalue weighted by molar-refractivity contribution is -0.387. The summed E-state index contributed by atoms with van der Waals surface area (Å²) >= 11 is 0. The number of hydrogen-bond acceptors (Lipinski definition) is 21. The molecule has 0 bridgehead atoms. The molecular formula is C24H43NO20. The molecule has 15 N–H and O–H groups in total. The predicted molar refractivity (Wildman–Crippen MR) is 136 cm³/mol. The van der Waals surface area contributed by atoms with Gasteiger partial charge in [0.15, 0.2) is 25.2 Å². The molecule has 20 atom stereocenters. The fraction of sp³-hybridized carbons (Fsp3) is 1.00. The number of aliphatic hydroxyl groups excluding tert-OH is 13. The Kier molecular flexibility index (Phi) is 12.8. The topological polar surface area (TPSA) is 354 Å². The molecule has 4 aliphatic heterocycles. The Hall–Kier alpha value is -0.840. The van der Waals surface area contributed by atoms with E-state index in [1.807, 2.05) is 0 Å². The molecule has 0 radical (unpaired) electrons. The van der Waals surface area contributed by atoms with E-state index in [1.165, 1.54) is 0 Å². The molecule has 4 rings (SSSR count). The van der Waals surface area contributed by atoms with Gasteiger partial charge in [-0.3, -0.25) is 0 Å². The highest BCUT2D eigenvalue weighted by molar-refractivity contribution is 4.97. The highest BCUT2D eigenvalue weighted by Gasteiger charge is 2.55. The van der Waals surface area contributed by atoms with Crippen LogP contribution in [0.2, 0.25) is 0 Å². The van der Waals surface area contributed by atoms with Gasteiger partial charge in [-0.15, -0.1) is 0 Å². The second kappa shape index (κ2) is 15.6. The van der Waals surface area contributed by atoms with Gasteiger partial charge in [0.1, 0.15) is 97.7 Å². The molecule has 0 aliphatic carbocycles. The highest BCUT2D eigenvalue weighted by atomic mass is 16.8. The summed E-state index contributed by atoms with van der Waals surface area (Å²) in [5.74, 6) is 0. The molecule has 0 aromatic carbocycles. The van der Waals surface area contributed by atoms with E-state index in [0.717, 1.165) is 0 Å². The molecule has 45 heavy (non-hydrogen) atoms. The minimum atomic E-state index is -2.00. The predicted octanol–water partition coefficient (Wildman–Crippen LogP) is -9.78. The minimum Gasteiger partial charge on any atom is -0.394 e. The number of aliphatic hydroxyl groups is 13. The number of hydrogen-bond donors (Lipinski definition) is 14. The summed E-state index contributed by atoms with van der Waals surface area (Å²) < 4.78 is 37.9. The van der Waals surface area contributed by atoms with E-state index in [0.29, 0.717) is 0 Å². The Labute approximate surface area is 255 Å². The van der Waals surface area contributed by atoms with Gasteiger partial charge in [0.25, 0.3) is 0 Å². The number of nitrogens with two attached hydrogens (primary N) is 1. The van der Waals surface area contributed by atoms with Crippen molar-refractivity contribution in [2.24, 2.45) is 5.73 Å². The van der Waals surface area contributed by atoms with Gasteiger partial charge in [0.2, 0.25) is 0 Å². The summed E-state index contributed by atoms with van der Waals surface area (Å²) in [5, 5.41) is 133. The van der Waals surface area contributed by atoms with Gasteiger partial charge >= 0.3 is 0 Å². The number of rotatable bonds is 10. The molecule has 0 aromatic heterocycles. The zero-order valence-corrected chi connectivity index (χ0v) is 23.6. The molecule has 4 aliphatic rings. The van der Waals surface area contributed by atoms with Crippen molar-refractivity contribution in [3.8, 4) is 0 Å². The standard InChI is InChI=1S/C24H43NO20/c25-1-5-9(29)10(30)15(35)22(40-5)44-19-7(3-27)42-24(17(37)12(19)32)45-20-8(4-28)41-23(16(36)13(20)33)43-18-6(2-26)39-21(38)14(34)11(18)31/h5-24,26-38H,1-4,25H2/t5-,6-,7-,8-,9-,10+,11-,12-,13-,14-,15-,16-,17-,18-,19-,20-,21?,22-,23-,24-/m1/s1. The molecule has 1 unspecified atom stereocenters. The maximum Gasteiger partial charge on any atom is 0.187 e. The zero-order chi connectivity index (χ0) is 33.3. The van der Waals surface area contributed by atoms with Crippen molar-refractivity contribution in [3.63, 3.8) is 0 Å². The normalized spacial score (nSPS) is 52.9. The summed E-state index contributed by atoms with van der Waals surface area (Å²) in [4.78, 5) is 0. The first-order valence-electron chi connectivity index (χ1n) is 14.2. The average molecular weight is 666 g/mol. The second-order valence-corrected chi connectivity index (χ2v) is 11.2. The van der Waals surface area contributed by atoms with Gasteiger partial charge in [0.05, 0.1) is 19.8 Å². The molecule has 0 amide bonds.